The molecule has 1 aliphatic carbocycles. The van der Waals surface area contributed by atoms with Gasteiger partial charge in [0.15, 0.2) is 6.10 Å². The topological polar surface area (TPSA) is 52.6 Å². The molecule has 2 aliphatic rings. The first-order valence-corrected chi connectivity index (χ1v) is 7.41. The van der Waals surface area contributed by atoms with Crippen LogP contribution < -0.4 is 4.74 Å². The molecule has 3 rings (SSSR count). The highest BCUT2D eigenvalue weighted by molar-refractivity contribution is 6.33. The first kappa shape index (κ1) is 14.1. The minimum Gasteiger partial charge on any atom is -0.450 e. The summed E-state index contributed by atoms with van der Waals surface area (Å²) in [5.74, 6) is -0.332. The molecule has 4 nitrogen and oxygen atoms in total. The predicted octanol–water partition coefficient (Wildman–Crippen LogP) is 3.20. The Bertz CT molecular complexity index is 594. The molecule has 1 heterocycles. The van der Waals surface area contributed by atoms with Gasteiger partial charge < -0.3 is 9.47 Å². The molecule has 0 bridgehead atoms. The number of hydrogen-bond acceptors (Lipinski definition) is 4. The third-order valence-corrected chi connectivity index (χ3v) is 4.20. The monoisotopic (exact) mass is 306 g/mol. The lowest BCUT2D eigenvalue weighted by atomic mass is 9.84. The smallest absolute Gasteiger partial charge is 0.376 e. The Morgan fingerprint density at radius 2 is 1.90 bits per heavy atom. The number of para-hydroxylation sites is 1. The lowest BCUT2D eigenvalue weighted by molar-refractivity contribution is -0.146. The molecule has 0 N–H and O–H groups in total. The van der Waals surface area contributed by atoms with Crippen molar-refractivity contribution in [3.05, 3.63) is 41.1 Å². The number of ketones is 1. The van der Waals surface area contributed by atoms with E-state index in [2.05, 4.69) is 0 Å². The van der Waals surface area contributed by atoms with Gasteiger partial charge in [-0.3, -0.25) is 4.79 Å². The van der Waals surface area contributed by atoms with E-state index in [9.17, 15) is 9.59 Å². The van der Waals surface area contributed by atoms with Crippen molar-refractivity contribution in [1.29, 1.82) is 0 Å². The van der Waals surface area contributed by atoms with E-state index >= 15 is 0 Å². The van der Waals surface area contributed by atoms with E-state index < -0.39 is 12.1 Å². The van der Waals surface area contributed by atoms with Crippen molar-refractivity contribution in [3.8, 4) is 5.75 Å². The summed E-state index contributed by atoms with van der Waals surface area (Å²) in [7, 11) is 0. The normalized spacial score (nSPS) is 26.0. The van der Waals surface area contributed by atoms with Gasteiger partial charge in [0.1, 0.15) is 16.6 Å². The minimum atomic E-state index is -0.689. The van der Waals surface area contributed by atoms with E-state index in [1.54, 1.807) is 24.3 Å². The van der Waals surface area contributed by atoms with Crippen molar-refractivity contribution in [2.45, 2.75) is 31.8 Å². The number of esters is 1. The Labute approximate surface area is 127 Å². The number of cyclic esters (lactones) is 1. The van der Waals surface area contributed by atoms with E-state index in [1.807, 2.05) is 6.07 Å². The van der Waals surface area contributed by atoms with Crippen molar-refractivity contribution in [2.24, 2.45) is 5.92 Å². The van der Waals surface area contributed by atoms with Crippen molar-refractivity contribution in [1.82, 2.24) is 0 Å². The van der Waals surface area contributed by atoms with Crippen molar-refractivity contribution in [2.75, 3.05) is 0 Å². The maximum absolute atomic E-state index is 12.0. The van der Waals surface area contributed by atoms with Gasteiger partial charge >= 0.3 is 5.97 Å². The van der Waals surface area contributed by atoms with Crippen LogP contribution in [0.2, 0.25) is 0 Å². The number of carbonyl (C=O) groups is 2. The number of hydrogen-bond donors (Lipinski definition) is 0. The van der Waals surface area contributed by atoms with E-state index in [1.165, 1.54) is 0 Å². The average molecular weight is 307 g/mol. The zero-order valence-corrected chi connectivity index (χ0v) is 12.1. The molecule has 0 amide bonds. The summed E-state index contributed by atoms with van der Waals surface area (Å²) in [5, 5.41) is 0.198. The second kappa shape index (κ2) is 5.90. The first-order valence-electron chi connectivity index (χ1n) is 7.03. The summed E-state index contributed by atoms with van der Waals surface area (Å²) in [6.45, 7) is 0. The zero-order valence-electron chi connectivity index (χ0n) is 11.4. The highest BCUT2D eigenvalue weighted by Crippen LogP contribution is 2.37. The fraction of sp³-hybridized carbons (Fsp3) is 0.375. The number of Topliss-reactive ketones (excluding diaryl/α,β-unsaturated/α-hetero) is 1. The second-order valence-electron chi connectivity index (χ2n) is 5.24. The van der Waals surface area contributed by atoms with Crippen LogP contribution in [0.3, 0.4) is 0 Å². The molecule has 110 valence electrons. The fourth-order valence-electron chi connectivity index (χ4n) is 2.73. The van der Waals surface area contributed by atoms with E-state index in [-0.39, 0.29) is 22.5 Å². The van der Waals surface area contributed by atoms with Gasteiger partial charge in [0.2, 0.25) is 5.76 Å². The van der Waals surface area contributed by atoms with Crippen LogP contribution in [0.4, 0.5) is 0 Å². The van der Waals surface area contributed by atoms with Crippen LogP contribution >= 0.6 is 11.6 Å². The molecule has 0 spiro atoms. The van der Waals surface area contributed by atoms with Crippen molar-refractivity contribution < 1.29 is 19.1 Å². The number of halogens is 1. The molecule has 0 saturated heterocycles. The van der Waals surface area contributed by atoms with Crippen LogP contribution in [-0.4, -0.2) is 17.9 Å². The standard InChI is InChI=1S/C16H15ClO4/c17-13-14(11-8-4-5-9-12(11)18)21-16(19)15(13)20-10-6-2-1-3-7-10/h1-3,6-7,11,14H,4-5,8-9H2/t11-,14-/m1/s1. The van der Waals surface area contributed by atoms with Gasteiger partial charge in [0.25, 0.3) is 0 Å². The number of ether oxygens (including phenoxy) is 2. The summed E-state index contributed by atoms with van der Waals surface area (Å²) < 4.78 is 10.8. The summed E-state index contributed by atoms with van der Waals surface area (Å²) in [4.78, 5) is 23.9. The van der Waals surface area contributed by atoms with Gasteiger partial charge in [0.05, 0.1) is 5.92 Å². The SMILES string of the molecule is O=C1O[C@H]([C@@H]2CCCCC2=O)C(Cl)=C1Oc1ccccc1. The van der Waals surface area contributed by atoms with Crippen LogP contribution in [0.1, 0.15) is 25.7 Å². The quantitative estimate of drug-likeness (QED) is 0.805. The fourth-order valence-corrected chi connectivity index (χ4v) is 3.05. The summed E-state index contributed by atoms with van der Waals surface area (Å²) in [6, 6.07) is 8.89. The zero-order chi connectivity index (χ0) is 14.8. The Morgan fingerprint density at radius 3 is 2.62 bits per heavy atom. The minimum absolute atomic E-state index is 0.00811. The Hall–Kier alpha value is -1.81. The van der Waals surface area contributed by atoms with Crippen molar-refractivity contribution >= 4 is 23.4 Å². The second-order valence-corrected chi connectivity index (χ2v) is 5.64. The van der Waals surface area contributed by atoms with Gasteiger partial charge in [-0.2, -0.15) is 0 Å². The number of carbonyl (C=O) groups excluding carboxylic acids is 2. The molecule has 1 aliphatic heterocycles. The van der Waals surface area contributed by atoms with E-state index in [0.29, 0.717) is 18.6 Å². The van der Waals surface area contributed by atoms with Gasteiger partial charge in [-0.25, -0.2) is 4.79 Å². The molecule has 0 aromatic heterocycles. The molecular formula is C16H15ClO4. The van der Waals surface area contributed by atoms with Crippen LogP contribution in [0.15, 0.2) is 41.1 Å². The van der Waals surface area contributed by atoms with Crippen LogP contribution in [0, 0.1) is 5.92 Å². The molecule has 1 aromatic rings. The summed E-state index contributed by atoms with van der Waals surface area (Å²) in [6.07, 6.45) is 2.38. The van der Waals surface area contributed by atoms with Gasteiger partial charge in [-0.15, -0.1) is 0 Å². The predicted molar refractivity (Wildman–Crippen MR) is 76.8 cm³/mol. The Kier molecular flexibility index (Phi) is 3.97. The van der Waals surface area contributed by atoms with Crippen LogP contribution in [0.5, 0.6) is 5.75 Å². The maximum atomic E-state index is 12.0. The summed E-state index contributed by atoms with van der Waals surface area (Å²) in [5.41, 5.74) is 0. The Morgan fingerprint density at radius 1 is 1.14 bits per heavy atom. The molecule has 1 aromatic carbocycles. The Balaban J connectivity index is 1.82. The molecule has 2 atom stereocenters. The van der Waals surface area contributed by atoms with Gasteiger partial charge in [-0.1, -0.05) is 36.2 Å². The van der Waals surface area contributed by atoms with Gasteiger partial charge in [-0.05, 0) is 25.0 Å². The molecule has 5 heteroatoms. The van der Waals surface area contributed by atoms with Crippen LogP contribution in [-0.2, 0) is 14.3 Å². The molecule has 0 unspecified atom stereocenters. The molecule has 0 radical (unpaired) electrons. The lowest BCUT2D eigenvalue weighted by Gasteiger charge is -2.24. The highest BCUT2D eigenvalue weighted by atomic mass is 35.5. The third kappa shape index (κ3) is 2.81. The van der Waals surface area contributed by atoms with Gasteiger partial charge in [0, 0.05) is 6.42 Å². The highest BCUT2D eigenvalue weighted by Gasteiger charge is 2.43. The average Bonchev–Trinajstić information content (AvgIpc) is 2.77. The third-order valence-electron chi connectivity index (χ3n) is 3.82. The van der Waals surface area contributed by atoms with Crippen molar-refractivity contribution in [3.63, 3.8) is 0 Å². The molecule has 1 fully saturated rings. The molecule has 21 heavy (non-hydrogen) atoms. The first-order chi connectivity index (χ1) is 10.2. The van der Waals surface area contributed by atoms with Crippen LogP contribution in [0.25, 0.3) is 0 Å². The van der Waals surface area contributed by atoms with E-state index in [4.69, 9.17) is 21.1 Å². The number of benzene rings is 1. The maximum Gasteiger partial charge on any atom is 0.376 e. The largest absolute Gasteiger partial charge is 0.450 e. The molecular weight excluding hydrogens is 292 g/mol. The number of rotatable bonds is 3. The summed E-state index contributed by atoms with van der Waals surface area (Å²) >= 11 is 6.24. The molecule has 1 saturated carbocycles. The lowest BCUT2D eigenvalue weighted by Crippen LogP contribution is -2.31. The van der Waals surface area contributed by atoms with E-state index in [0.717, 1.165) is 12.8 Å².